The van der Waals surface area contributed by atoms with E-state index in [9.17, 15) is 5.26 Å². The normalized spacial score (nSPS) is 11.5. The summed E-state index contributed by atoms with van der Waals surface area (Å²) in [5, 5.41) is 10.7. The van der Waals surface area contributed by atoms with E-state index in [4.69, 9.17) is 14.2 Å². The van der Waals surface area contributed by atoms with Crippen molar-refractivity contribution < 1.29 is 14.2 Å². The van der Waals surface area contributed by atoms with Crippen LogP contribution < -0.4 is 9.47 Å². The van der Waals surface area contributed by atoms with Crippen LogP contribution in [-0.4, -0.2) is 29.4 Å². The lowest BCUT2D eigenvalue weighted by atomic mass is 9.77. The molecule has 3 rings (SSSR count). The van der Waals surface area contributed by atoms with Gasteiger partial charge in [0.25, 0.3) is 0 Å². The summed E-state index contributed by atoms with van der Waals surface area (Å²) in [7, 11) is 0. The zero-order chi connectivity index (χ0) is 31.8. The number of aryl methyl sites for hydroxylation is 1. The van der Waals surface area contributed by atoms with E-state index in [-0.39, 0.29) is 11.3 Å². The molecule has 0 radical (unpaired) electrons. The maximum atomic E-state index is 10.00. The molecule has 0 saturated heterocycles. The number of nitrogens with zero attached hydrogens (tertiary/aromatic N) is 3. The first kappa shape index (κ1) is 35.7. The molecule has 7 heteroatoms. The molecule has 43 heavy (non-hydrogen) atoms. The smallest absolute Gasteiger partial charge is 0.187 e. The second kappa shape index (κ2) is 18.2. The molecule has 0 N–H and O–H groups in total. The van der Waals surface area contributed by atoms with Gasteiger partial charge in [-0.15, -0.1) is 0 Å². The van der Waals surface area contributed by atoms with Crippen LogP contribution in [0.2, 0.25) is 0 Å². The number of nitriles is 1. The molecular weight excluding hydrogens is 554 g/mol. The van der Waals surface area contributed by atoms with Crippen LogP contribution in [0.5, 0.6) is 11.5 Å². The van der Waals surface area contributed by atoms with Crippen molar-refractivity contribution in [3.8, 4) is 17.6 Å². The van der Waals surface area contributed by atoms with Gasteiger partial charge in [0, 0.05) is 17.5 Å². The van der Waals surface area contributed by atoms with Gasteiger partial charge in [0.2, 0.25) is 0 Å². The molecule has 0 spiro atoms. The Balaban J connectivity index is 0.00000151. The molecule has 1 unspecified atom stereocenters. The van der Waals surface area contributed by atoms with E-state index in [2.05, 4.69) is 82.4 Å². The summed E-state index contributed by atoms with van der Waals surface area (Å²) < 4.78 is 17.7. The fourth-order valence-corrected chi connectivity index (χ4v) is 4.61. The summed E-state index contributed by atoms with van der Waals surface area (Å²) in [6.07, 6.45) is 7.88. The van der Waals surface area contributed by atoms with Crippen molar-refractivity contribution in [3.05, 3.63) is 88.9 Å². The Bertz CT molecular complexity index is 1330. The Morgan fingerprint density at radius 1 is 1.02 bits per heavy atom. The van der Waals surface area contributed by atoms with Crippen LogP contribution in [0.4, 0.5) is 0 Å². The van der Waals surface area contributed by atoms with E-state index in [0.717, 1.165) is 51.9 Å². The van der Waals surface area contributed by atoms with E-state index in [0.29, 0.717) is 31.1 Å². The van der Waals surface area contributed by atoms with E-state index < -0.39 is 0 Å². The zero-order valence-electron chi connectivity index (χ0n) is 27.3. The van der Waals surface area contributed by atoms with Crippen LogP contribution in [0.1, 0.15) is 95.7 Å². The van der Waals surface area contributed by atoms with Gasteiger partial charge >= 0.3 is 0 Å². The third-order valence-electron chi connectivity index (χ3n) is 7.40. The number of thioether (sulfide) groups is 1. The molecule has 3 aromatic rings. The standard InChI is InChI=1S/C32H39N3O3S.C4H10/c1-8-24-18-27(19-25(20-33)30(24)37-17-15-22(3)23(4)36-9-2)32(5,6)26-10-12-29(13-11-26)38-21-28-14-16-34-31(35-28)39-7;1-3-4-2/h10-14,16,18-19,22H,4,8-9,15,17,21H2,1-3,5-7H3;3-4H2,1-2H3. The van der Waals surface area contributed by atoms with Crippen molar-refractivity contribution in [1.82, 2.24) is 9.97 Å². The maximum Gasteiger partial charge on any atom is 0.187 e. The van der Waals surface area contributed by atoms with Crippen molar-refractivity contribution in [3.63, 3.8) is 0 Å². The number of ether oxygens (including phenoxy) is 3. The minimum absolute atomic E-state index is 0.180. The number of benzene rings is 2. The predicted molar refractivity (Wildman–Crippen MR) is 178 cm³/mol. The van der Waals surface area contributed by atoms with Gasteiger partial charge in [-0.2, -0.15) is 5.26 Å². The molecule has 0 aliphatic rings. The lowest BCUT2D eigenvalue weighted by Gasteiger charge is -2.28. The number of hydrogen-bond acceptors (Lipinski definition) is 7. The quantitative estimate of drug-likeness (QED) is 0.0973. The molecule has 1 aromatic heterocycles. The molecule has 0 amide bonds. The van der Waals surface area contributed by atoms with E-state index >= 15 is 0 Å². The molecule has 6 nitrogen and oxygen atoms in total. The third kappa shape index (κ3) is 10.6. The van der Waals surface area contributed by atoms with Gasteiger partial charge in [0.15, 0.2) is 5.16 Å². The largest absolute Gasteiger partial charge is 0.499 e. The molecule has 0 aliphatic heterocycles. The van der Waals surface area contributed by atoms with Gasteiger partial charge in [-0.1, -0.05) is 90.9 Å². The van der Waals surface area contributed by atoms with Gasteiger partial charge in [0.05, 0.1) is 30.2 Å². The molecule has 0 bridgehead atoms. The Kier molecular flexibility index (Phi) is 15.1. The van der Waals surface area contributed by atoms with Crippen LogP contribution in [0.15, 0.2) is 66.2 Å². The van der Waals surface area contributed by atoms with Crippen molar-refractivity contribution in [2.75, 3.05) is 19.5 Å². The SMILES string of the molecule is C=C(OCC)C(C)CCOc1c(C#N)cc(C(C)(C)c2ccc(OCc3ccnc(SC)n3)cc2)cc1CC.CCCC. The summed E-state index contributed by atoms with van der Waals surface area (Å²) in [5.74, 6) is 2.40. The molecular formula is C36H49N3O3S. The number of aromatic nitrogens is 2. The summed E-state index contributed by atoms with van der Waals surface area (Å²) in [6.45, 7) is 20.3. The van der Waals surface area contributed by atoms with Crippen LogP contribution in [0, 0.1) is 17.2 Å². The van der Waals surface area contributed by atoms with Crippen LogP contribution in [0.25, 0.3) is 0 Å². The summed E-state index contributed by atoms with van der Waals surface area (Å²) in [5.41, 5.74) is 4.30. The van der Waals surface area contributed by atoms with Crippen molar-refractivity contribution >= 4 is 11.8 Å². The first-order valence-corrected chi connectivity index (χ1v) is 16.5. The highest BCUT2D eigenvalue weighted by molar-refractivity contribution is 7.98. The van der Waals surface area contributed by atoms with Gasteiger partial charge in [0.1, 0.15) is 24.2 Å². The monoisotopic (exact) mass is 603 g/mol. The topological polar surface area (TPSA) is 77.3 Å². The number of rotatable bonds is 15. The molecule has 232 valence electrons. The summed E-state index contributed by atoms with van der Waals surface area (Å²) >= 11 is 1.51. The molecule has 0 fully saturated rings. The highest BCUT2D eigenvalue weighted by Gasteiger charge is 2.26. The highest BCUT2D eigenvalue weighted by Crippen LogP contribution is 2.37. The second-order valence-electron chi connectivity index (χ2n) is 10.9. The van der Waals surface area contributed by atoms with Gasteiger partial charge in [-0.3, -0.25) is 0 Å². The molecule has 1 heterocycles. The summed E-state index contributed by atoms with van der Waals surface area (Å²) in [6, 6.07) is 16.5. The van der Waals surface area contributed by atoms with Crippen LogP contribution >= 0.6 is 11.8 Å². The Morgan fingerprint density at radius 2 is 1.72 bits per heavy atom. The zero-order valence-corrected chi connectivity index (χ0v) is 28.1. The Labute approximate surface area is 263 Å². The van der Waals surface area contributed by atoms with Crippen molar-refractivity contribution in [1.29, 1.82) is 5.26 Å². The molecule has 0 aliphatic carbocycles. The molecule has 2 aromatic carbocycles. The predicted octanol–water partition coefficient (Wildman–Crippen LogP) is 9.30. The van der Waals surface area contributed by atoms with E-state index in [1.807, 2.05) is 37.4 Å². The van der Waals surface area contributed by atoms with Gasteiger partial charge in [-0.25, -0.2) is 9.97 Å². The minimum Gasteiger partial charge on any atom is -0.499 e. The maximum absolute atomic E-state index is 10.00. The Hall–Kier alpha value is -3.50. The first-order valence-electron chi connectivity index (χ1n) is 15.3. The second-order valence-corrected chi connectivity index (χ2v) is 11.7. The van der Waals surface area contributed by atoms with Crippen LogP contribution in [0.3, 0.4) is 0 Å². The molecule has 1 atom stereocenters. The number of unbranched alkanes of at least 4 members (excludes halogenated alkanes) is 1. The van der Waals surface area contributed by atoms with Crippen molar-refractivity contribution in [2.24, 2.45) is 5.92 Å². The van der Waals surface area contributed by atoms with Gasteiger partial charge < -0.3 is 14.2 Å². The van der Waals surface area contributed by atoms with Crippen LogP contribution in [-0.2, 0) is 23.2 Å². The van der Waals surface area contributed by atoms with Crippen molar-refractivity contribution in [2.45, 2.75) is 91.3 Å². The fourth-order valence-electron chi connectivity index (χ4n) is 4.24. The number of allylic oxidation sites excluding steroid dienone is 1. The first-order chi connectivity index (χ1) is 20.6. The third-order valence-corrected chi connectivity index (χ3v) is 7.96. The van der Waals surface area contributed by atoms with E-state index in [1.54, 1.807) is 6.20 Å². The fraction of sp³-hybridized carbons (Fsp3) is 0.472. The van der Waals surface area contributed by atoms with Gasteiger partial charge in [-0.05, 0) is 67.0 Å². The Morgan fingerprint density at radius 3 is 2.30 bits per heavy atom. The highest BCUT2D eigenvalue weighted by atomic mass is 32.2. The molecule has 0 saturated carbocycles. The summed E-state index contributed by atoms with van der Waals surface area (Å²) in [4.78, 5) is 8.67. The lowest BCUT2D eigenvalue weighted by Crippen LogP contribution is -2.20. The number of hydrogen-bond donors (Lipinski definition) is 0. The average Bonchev–Trinajstić information content (AvgIpc) is 3.03. The minimum atomic E-state index is -0.323. The lowest BCUT2D eigenvalue weighted by molar-refractivity contribution is 0.182. The average molecular weight is 604 g/mol. The van der Waals surface area contributed by atoms with E-state index in [1.165, 1.54) is 24.6 Å².